The molecule has 0 aliphatic heterocycles. The molecular formula is C14H16ClN3O2. The van der Waals surface area contributed by atoms with Crippen LogP contribution in [0.5, 0.6) is 5.75 Å². The highest BCUT2D eigenvalue weighted by atomic mass is 35.5. The predicted octanol–water partition coefficient (Wildman–Crippen LogP) is 2.41. The molecule has 1 aromatic heterocycles. The van der Waals surface area contributed by atoms with E-state index in [2.05, 4.69) is 9.97 Å². The van der Waals surface area contributed by atoms with Gasteiger partial charge in [0.2, 0.25) is 0 Å². The smallest absolute Gasteiger partial charge is 0.260 e. The number of nitrogens with one attached hydrogen (secondary N) is 1. The lowest BCUT2D eigenvalue weighted by Gasteiger charge is -2.16. The summed E-state index contributed by atoms with van der Waals surface area (Å²) >= 11 is 6.01. The zero-order valence-electron chi connectivity index (χ0n) is 11.4. The SMILES string of the molecule is Cc1ccc(Cl)c(OCC(=O)N(C)Cc2ncc[nH]2)c1. The average molecular weight is 294 g/mol. The van der Waals surface area contributed by atoms with Gasteiger partial charge in [-0.15, -0.1) is 0 Å². The Morgan fingerprint density at radius 1 is 1.50 bits per heavy atom. The standard InChI is InChI=1S/C14H16ClN3O2/c1-10-3-4-11(15)12(7-10)20-9-14(19)18(2)8-13-16-5-6-17-13/h3-7H,8-9H2,1-2H3,(H,16,17). The van der Waals surface area contributed by atoms with E-state index < -0.39 is 0 Å². The van der Waals surface area contributed by atoms with Gasteiger partial charge in [0.15, 0.2) is 6.61 Å². The summed E-state index contributed by atoms with van der Waals surface area (Å²) in [7, 11) is 1.70. The second-order valence-corrected chi connectivity index (χ2v) is 4.92. The van der Waals surface area contributed by atoms with Crippen LogP contribution >= 0.6 is 11.6 Å². The van der Waals surface area contributed by atoms with Crippen LogP contribution in [0, 0.1) is 6.92 Å². The molecule has 5 nitrogen and oxygen atoms in total. The molecule has 0 aliphatic rings. The van der Waals surface area contributed by atoms with Crippen LogP contribution in [0.2, 0.25) is 5.02 Å². The van der Waals surface area contributed by atoms with Gasteiger partial charge in [-0.05, 0) is 24.6 Å². The number of likely N-dealkylation sites (N-methyl/N-ethyl adjacent to an activating group) is 1. The Morgan fingerprint density at radius 2 is 2.30 bits per heavy atom. The molecule has 1 aromatic carbocycles. The molecule has 6 heteroatoms. The molecule has 0 fully saturated rings. The van der Waals surface area contributed by atoms with Crippen LogP contribution < -0.4 is 4.74 Å². The maximum absolute atomic E-state index is 12.0. The third-order valence-electron chi connectivity index (χ3n) is 2.81. The summed E-state index contributed by atoms with van der Waals surface area (Å²) in [6.07, 6.45) is 3.37. The topological polar surface area (TPSA) is 58.2 Å². The Balaban J connectivity index is 1.89. The first-order valence-corrected chi connectivity index (χ1v) is 6.55. The Morgan fingerprint density at radius 3 is 3.00 bits per heavy atom. The van der Waals surface area contributed by atoms with Crippen molar-refractivity contribution in [3.63, 3.8) is 0 Å². The number of ether oxygens (including phenoxy) is 1. The summed E-state index contributed by atoms with van der Waals surface area (Å²) in [5.74, 6) is 1.11. The number of H-pyrrole nitrogens is 1. The second kappa shape index (κ2) is 6.43. The fraction of sp³-hybridized carbons (Fsp3) is 0.286. The number of carbonyl (C=O) groups is 1. The van der Waals surface area contributed by atoms with Crippen molar-refractivity contribution in [2.75, 3.05) is 13.7 Å². The molecule has 0 bridgehead atoms. The van der Waals surface area contributed by atoms with Crippen LogP contribution in [0.25, 0.3) is 0 Å². The van der Waals surface area contributed by atoms with Crippen molar-refractivity contribution in [2.45, 2.75) is 13.5 Å². The number of aromatic amines is 1. The monoisotopic (exact) mass is 293 g/mol. The van der Waals surface area contributed by atoms with Gasteiger partial charge in [0.25, 0.3) is 5.91 Å². The van der Waals surface area contributed by atoms with Gasteiger partial charge in [0, 0.05) is 19.4 Å². The number of hydrogen-bond donors (Lipinski definition) is 1. The number of benzene rings is 1. The average Bonchev–Trinajstić information content (AvgIpc) is 2.92. The summed E-state index contributed by atoms with van der Waals surface area (Å²) in [4.78, 5) is 20.5. The maximum atomic E-state index is 12.0. The first-order chi connectivity index (χ1) is 9.56. The quantitative estimate of drug-likeness (QED) is 0.921. The fourth-order valence-electron chi connectivity index (χ4n) is 1.67. The van der Waals surface area contributed by atoms with E-state index in [0.29, 0.717) is 17.3 Å². The molecule has 0 atom stereocenters. The van der Waals surface area contributed by atoms with E-state index in [-0.39, 0.29) is 12.5 Å². The van der Waals surface area contributed by atoms with E-state index in [0.717, 1.165) is 11.4 Å². The highest BCUT2D eigenvalue weighted by Crippen LogP contribution is 2.25. The number of nitrogens with zero attached hydrogens (tertiary/aromatic N) is 2. The van der Waals surface area contributed by atoms with Crippen LogP contribution in [-0.4, -0.2) is 34.4 Å². The van der Waals surface area contributed by atoms with Gasteiger partial charge in [-0.3, -0.25) is 4.79 Å². The number of rotatable bonds is 5. The third-order valence-corrected chi connectivity index (χ3v) is 3.12. The van der Waals surface area contributed by atoms with Gasteiger partial charge in [-0.25, -0.2) is 4.98 Å². The Labute approximate surface area is 122 Å². The van der Waals surface area contributed by atoms with E-state index in [9.17, 15) is 4.79 Å². The molecule has 0 saturated carbocycles. The lowest BCUT2D eigenvalue weighted by molar-refractivity contribution is -0.132. The second-order valence-electron chi connectivity index (χ2n) is 4.51. The number of halogens is 1. The van der Waals surface area contributed by atoms with Crippen molar-refractivity contribution < 1.29 is 9.53 Å². The Kier molecular flexibility index (Phi) is 4.63. The van der Waals surface area contributed by atoms with Gasteiger partial charge in [0.1, 0.15) is 11.6 Å². The minimum Gasteiger partial charge on any atom is -0.482 e. The molecule has 1 N–H and O–H groups in total. The third kappa shape index (κ3) is 3.74. The summed E-state index contributed by atoms with van der Waals surface area (Å²) in [5.41, 5.74) is 1.03. The number of amides is 1. The molecule has 2 rings (SSSR count). The van der Waals surface area contributed by atoms with Crippen LogP contribution in [-0.2, 0) is 11.3 Å². The van der Waals surface area contributed by atoms with Crippen LogP contribution in [0.15, 0.2) is 30.6 Å². The molecular weight excluding hydrogens is 278 g/mol. The van der Waals surface area contributed by atoms with E-state index in [1.807, 2.05) is 19.1 Å². The van der Waals surface area contributed by atoms with Crippen LogP contribution in [0.1, 0.15) is 11.4 Å². The zero-order chi connectivity index (χ0) is 14.5. The number of hydrogen-bond acceptors (Lipinski definition) is 3. The summed E-state index contributed by atoms with van der Waals surface area (Å²) in [6.45, 7) is 2.30. The van der Waals surface area contributed by atoms with E-state index in [4.69, 9.17) is 16.3 Å². The first-order valence-electron chi connectivity index (χ1n) is 6.17. The van der Waals surface area contributed by atoms with Crippen LogP contribution in [0.4, 0.5) is 0 Å². The maximum Gasteiger partial charge on any atom is 0.260 e. The van der Waals surface area contributed by atoms with Gasteiger partial charge >= 0.3 is 0 Å². The largest absolute Gasteiger partial charge is 0.482 e. The van der Waals surface area contributed by atoms with Crippen molar-refractivity contribution in [1.82, 2.24) is 14.9 Å². The summed E-state index contributed by atoms with van der Waals surface area (Å²) < 4.78 is 5.47. The molecule has 106 valence electrons. The molecule has 0 radical (unpaired) electrons. The number of aromatic nitrogens is 2. The Hall–Kier alpha value is -2.01. The van der Waals surface area contributed by atoms with Gasteiger partial charge in [0.05, 0.1) is 11.6 Å². The fourth-order valence-corrected chi connectivity index (χ4v) is 1.84. The van der Waals surface area contributed by atoms with Gasteiger partial charge < -0.3 is 14.6 Å². The van der Waals surface area contributed by atoms with E-state index >= 15 is 0 Å². The van der Waals surface area contributed by atoms with Crippen molar-refractivity contribution in [2.24, 2.45) is 0 Å². The minimum atomic E-state index is -0.140. The lowest BCUT2D eigenvalue weighted by Crippen LogP contribution is -2.31. The number of carbonyl (C=O) groups excluding carboxylic acids is 1. The molecule has 1 heterocycles. The predicted molar refractivity (Wildman–Crippen MR) is 76.7 cm³/mol. The van der Waals surface area contributed by atoms with E-state index in [1.165, 1.54) is 0 Å². The first kappa shape index (κ1) is 14.4. The van der Waals surface area contributed by atoms with Gasteiger partial charge in [-0.2, -0.15) is 0 Å². The van der Waals surface area contributed by atoms with Crippen molar-refractivity contribution in [1.29, 1.82) is 0 Å². The zero-order valence-corrected chi connectivity index (χ0v) is 12.1. The van der Waals surface area contributed by atoms with Crippen LogP contribution in [0.3, 0.4) is 0 Å². The highest BCUT2D eigenvalue weighted by Gasteiger charge is 2.12. The normalized spacial score (nSPS) is 10.3. The number of imidazole rings is 1. The van der Waals surface area contributed by atoms with Crippen molar-refractivity contribution >= 4 is 17.5 Å². The molecule has 20 heavy (non-hydrogen) atoms. The summed E-state index contributed by atoms with van der Waals surface area (Å²) in [6, 6.07) is 5.45. The molecule has 0 unspecified atom stereocenters. The highest BCUT2D eigenvalue weighted by molar-refractivity contribution is 6.32. The Bertz CT molecular complexity index is 584. The van der Waals surface area contributed by atoms with Gasteiger partial charge in [-0.1, -0.05) is 17.7 Å². The minimum absolute atomic E-state index is 0.0552. The van der Waals surface area contributed by atoms with Crippen molar-refractivity contribution in [3.05, 3.63) is 47.0 Å². The molecule has 0 saturated heterocycles. The molecule has 1 amide bonds. The molecule has 2 aromatic rings. The summed E-state index contributed by atoms with van der Waals surface area (Å²) in [5, 5.41) is 0.497. The van der Waals surface area contributed by atoms with Crippen molar-refractivity contribution in [3.8, 4) is 5.75 Å². The lowest BCUT2D eigenvalue weighted by atomic mass is 10.2. The molecule has 0 spiro atoms. The number of aryl methyl sites for hydroxylation is 1. The van der Waals surface area contributed by atoms with E-state index in [1.54, 1.807) is 30.4 Å². The molecule has 0 aliphatic carbocycles.